The van der Waals surface area contributed by atoms with Crippen LogP contribution < -0.4 is 0 Å². The van der Waals surface area contributed by atoms with Crippen LogP contribution in [-0.2, 0) is 9.84 Å². The van der Waals surface area contributed by atoms with Gasteiger partial charge in [-0.05, 0) is 29.8 Å². The number of aromatic nitrogens is 2. The molecule has 0 N–H and O–H groups in total. The van der Waals surface area contributed by atoms with Crippen molar-refractivity contribution in [2.24, 2.45) is 0 Å². The topological polar surface area (TPSA) is 64.6 Å². The molecule has 7 heteroatoms. The van der Waals surface area contributed by atoms with E-state index in [-0.39, 0.29) is 10.7 Å². The van der Waals surface area contributed by atoms with Gasteiger partial charge in [-0.25, -0.2) is 17.3 Å². The van der Waals surface area contributed by atoms with Gasteiger partial charge >= 0.3 is 0 Å². The highest BCUT2D eigenvalue weighted by Gasteiger charge is 2.19. The van der Waals surface area contributed by atoms with Crippen molar-refractivity contribution in [1.82, 2.24) is 9.61 Å². The van der Waals surface area contributed by atoms with Gasteiger partial charge in [-0.3, -0.25) is 0 Å². The van der Waals surface area contributed by atoms with Crippen LogP contribution >= 0.6 is 0 Å². The Kier molecular flexibility index (Phi) is 3.47. The number of oxazole rings is 1. The lowest BCUT2D eigenvalue weighted by atomic mass is 10.0. The molecule has 2 heterocycles. The SMILES string of the molecule is CS(=O)(=O)c1ccc(-c2nn3ccoc3c2-c2ccc(F)cc2)cc1. The molecule has 2 aromatic heterocycles. The number of fused-ring (bicyclic) bond motifs is 1. The van der Waals surface area contributed by atoms with Crippen molar-refractivity contribution in [1.29, 1.82) is 0 Å². The zero-order chi connectivity index (χ0) is 17.6. The maximum absolute atomic E-state index is 13.3. The van der Waals surface area contributed by atoms with Gasteiger partial charge in [0.05, 0.1) is 16.7 Å². The van der Waals surface area contributed by atoms with Crippen LogP contribution in [0, 0.1) is 5.82 Å². The van der Waals surface area contributed by atoms with E-state index in [0.29, 0.717) is 11.4 Å². The lowest BCUT2D eigenvalue weighted by Gasteiger charge is -2.04. The van der Waals surface area contributed by atoms with E-state index in [1.807, 2.05) is 0 Å². The Morgan fingerprint density at radius 1 is 1.00 bits per heavy atom. The smallest absolute Gasteiger partial charge is 0.229 e. The Bertz CT molecular complexity index is 1160. The monoisotopic (exact) mass is 356 g/mol. The standard InChI is InChI=1S/C18H13FN2O3S/c1-25(22,23)15-8-4-13(5-9-15)17-16(12-2-6-14(19)7-3-12)18-21(20-17)10-11-24-18/h2-11H,1H3. The molecule has 0 aliphatic heterocycles. The highest BCUT2D eigenvalue weighted by atomic mass is 32.2. The largest absolute Gasteiger partial charge is 0.444 e. The first kappa shape index (κ1) is 15.6. The summed E-state index contributed by atoms with van der Waals surface area (Å²) in [5, 5.41) is 4.51. The van der Waals surface area contributed by atoms with Crippen molar-refractivity contribution in [3.63, 3.8) is 0 Å². The van der Waals surface area contributed by atoms with Crippen molar-refractivity contribution in [3.05, 3.63) is 66.8 Å². The number of nitrogens with zero attached hydrogens (tertiary/aromatic N) is 2. The van der Waals surface area contributed by atoms with Gasteiger partial charge in [0.1, 0.15) is 17.8 Å². The molecule has 0 saturated carbocycles. The highest BCUT2D eigenvalue weighted by Crippen LogP contribution is 2.35. The summed E-state index contributed by atoms with van der Waals surface area (Å²) in [5.41, 5.74) is 3.39. The molecular formula is C18H13FN2O3S. The third kappa shape index (κ3) is 2.72. The van der Waals surface area contributed by atoms with Crippen LogP contribution in [0.4, 0.5) is 4.39 Å². The van der Waals surface area contributed by atoms with E-state index in [1.54, 1.807) is 47.1 Å². The molecule has 25 heavy (non-hydrogen) atoms. The molecule has 0 spiro atoms. The summed E-state index contributed by atoms with van der Waals surface area (Å²) in [7, 11) is -3.27. The van der Waals surface area contributed by atoms with Crippen molar-refractivity contribution < 1.29 is 17.2 Å². The Balaban J connectivity index is 1.92. The van der Waals surface area contributed by atoms with Crippen molar-refractivity contribution in [3.8, 4) is 22.4 Å². The molecule has 0 aliphatic rings. The first-order valence-electron chi connectivity index (χ1n) is 7.46. The van der Waals surface area contributed by atoms with E-state index in [0.717, 1.165) is 22.9 Å². The van der Waals surface area contributed by atoms with Crippen LogP contribution in [0.25, 0.3) is 28.1 Å². The second kappa shape index (κ2) is 5.56. The molecule has 2 aromatic carbocycles. The van der Waals surface area contributed by atoms with E-state index in [1.165, 1.54) is 18.4 Å². The summed E-state index contributed by atoms with van der Waals surface area (Å²) in [6.07, 6.45) is 4.36. The summed E-state index contributed by atoms with van der Waals surface area (Å²) in [6.45, 7) is 0. The zero-order valence-electron chi connectivity index (χ0n) is 13.2. The fourth-order valence-corrected chi connectivity index (χ4v) is 3.35. The number of benzene rings is 2. The van der Waals surface area contributed by atoms with Gasteiger partial charge in [0.25, 0.3) is 0 Å². The Morgan fingerprint density at radius 2 is 1.64 bits per heavy atom. The number of hydrogen-bond donors (Lipinski definition) is 0. The zero-order valence-corrected chi connectivity index (χ0v) is 14.0. The highest BCUT2D eigenvalue weighted by molar-refractivity contribution is 7.90. The van der Waals surface area contributed by atoms with Crippen LogP contribution in [0.2, 0.25) is 0 Å². The predicted octanol–water partition coefficient (Wildman–Crippen LogP) is 3.80. The summed E-state index contributed by atoms with van der Waals surface area (Å²) in [6, 6.07) is 12.5. The van der Waals surface area contributed by atoms with Gasteiger partial charge < -0.3 is 4.42 Å². The molecule has 0 atom stereocenters. The van der Waals surface area contributed by atoms with E-state index in [2.05, 4.69) is 5.10 Å². The molecule has 0 saturated heterocycles. The lowest BCUT2D eigenvalue weighted by Crippen LogP contribution is -1.96. The molecule has 0 amide bonds. The minimum absolute atomic E-state index is 0.238. The first-order chi connectivity index (χ1) is 11.9. The number of halogens is 1. The fraction of sp³-hybridized carbons (Fsp3) is 0.0556. The fourth-order valence-electron chi connectivity index (χ4n) is 2.72. The number of sulfone groups is 1. The molecule has 5 nitrogen and oxygen atoms in total. The predicted molar refractivity (Wildman–Crippen MR) is 91.4 cm³/mol. The second-order valence-electron chi connectivity index (χ2n) is 5.68. The van der Waals surface area contributed by atoms with Crippen LogP contribution in [0.1, 0.15) is 0 Å². The first-order valence-corrected chi connectivity index (χ1v) is 9.35. The van der Waals surface area contributed by atoms with Crippen molar-refractivity contribution in [2.75, 3.05) is 6.26 Å². The van der Waals surface area contributed by atoms with E-state index in [9.17, 15) is 12.8 Å². The lowest BCUT2D eigenvalue weighted by molar-refractivity contribution is 0.602. The van der Waals surface area contributed by atoms with Crippen LogP contribution in [0.3, 0.4) is 0 Å². The molecule has 0 bridgehead atoms. The molecule has 0 unspecified atom stereocenters. The minimum Gasteiger partial charge on any atom is -0.444 e. The second-order valence-corrected chi connectivity index (χ2v) is 7.70. The van der Waals surface area contributed by atoms with Crippen molar-refractivity contribution in [2.45, 2.75) is 4.90 Å². The van der Waals surface area contributed by atoms with E-state index in [4.69, 9.17) is 4.42 Å². The van der Waals surface area contributed by atoms with Crippen LogP contribution in [-0.4, -0.2) is 24.3 Å². The molecular weight excluding hydrogens is 343 g/mol. The normalized spacial score (nSPS) is 11.9. The number of hydrogen-bond acceptors (Lipinski definition) is 4. The molecule has 0 radical (unpaired) electrons. The Labute approximate surface area is 143 Å². The molecule has 126 valence electrons. The molecule has 4 rings (SSSR count). The van der Waals surface area contributed by atoms with Crippen LogP contribution in [0.5, 0.6) is 0 Å². The number of rotatable bonds is 3. The molecule has 4 aromatic rings. The maximum atomic E-state index is 13.3. The van der Waals surface area contributed by atoms with Gasteiger partial charge in [0.2, 0.25) is 5.71 Å². The van der Waals surface area contributed by atoms with Gasteiger partial charge in [0, 0.05) is 11.8 Å². The van der Waals surface area contributed by atoms with Crippen LogP contribution in [0.15, 0.2) is 70.3 Å². The quantitative estimate of drug-likeness (QED) is 0.560. The van der Waals surface area contributed by atoms with Gasteiger partial charge in [0.15, 0.2) is 9.84 Å². The average Bonchev–Trinajstić information content (AvgIpc) is 3.16. The third-order valence-electron chi connectivity index (χ3n) is 3.94. The maximum Gasteiger partial charge on any atom is 0.229 e. The van der Waals surface area contributed by atoms with Gasteiger partial charge in [-0.1, -0.05) is 24.3 Å². The summed E-state index contributed by atoms with van der Waals surface area (Å²) in [4.78, 5) is 0.238. The van der Waals surface area contributed by atoms with Crippen molar-refractivity contribution >= 4 is 15.6 Å². The minimum atomic E-state index is -3.27. The molecule has 0 aliphatic carbocycles. The average molecular weight is 356 g/mol. The summed E-state index contributed by atoms with van der Waals surface area (Å²) >= 11 is 0. The van der Waals surface area contributed by atoms with E-state index < -0.39 is 9.84 Å². The summed E-state index contributed by atoms with van der Waals surface area (Å²) in [5.74, 6) is -0.328. The van der Waals surface area contributed by atoms with E-state index >= 15 is 0 Å². The van der Waals surface area contributed by atoms with Gasteiger partial charge in [-0.2, -0.15) is 5.10 Å². The third-order valence-corrected chi connectivity index (χ3v) is 5.07. The Hall–Kier alpha value is -2.93. The molecule has 0 fully saturated rings. The Morgan fingerprint density at radius 3 is 2.28 bits per heavy atom. The van der Waals surface area contributed by atoms with Gasteiger partial charge in [-0.15, -0.1) is 0 Å². The summed E-state index contributed by atoms with van der Waals surface area (Å²) < 4.78 is 43.6.